The lowest BCUT2D eigenvalue weighted by Gasteiger charge is -2.14. The predicted octanol–water partition coefficient (Wildman–Crippen LogP) is 2.07. The van der Waals surface area contributed by atoms with E-state index in [1.54, 1.807) is 6.07 Å². The summed E-state index contributed by atoms with van der Waals surface area (Å²) in [5.41, 5.74) is 5.82. The van der Waals surface area contributed by atoms with E-state index in [1.807, 2.05) is 0 Å². The third-order valence-corrected chi connectivity index (χ3v) is 3.17. The first kappa shape index (κ1) is 16.6. The molecule has 1 heterocycles. The Labute approximate surface area is 125 Å². The van der Waals surface area contributed by atoms with Gasteiger partial charge in [0.05, 0.1) is 6.10 Å². The number of carbonyl (C=O) groups is 1. The zero-order valence-corrected chi connectivity index (χ0v) is 11.7. The van der Waals surface area contributed by atoms with Crippen LogP contribution in [0, 0.1) is 0 Å². The van der Waals surface area contributed by atoms with Crippen LogP contribution >= 0.6 is 0 Å². The molecule has 1 aliphatic rings. The lowest BCUT2D eigenvalue weighted by molar-refractivity contribution is -0.153. The first-order chi connectivity index (χ1) is 10.4. The van der Waals surface area contributed by atoms with E-state index in [-0.39, 0.29) is 17.8 Å². The number of rotatable bonds is 5. The number of nitrogens with two attached hydrogens (primary N) is 1. The Morgan fingerprint density at radius 1 is 1.41 bits per heavy atom. The summed E-state index contributed by atoms with van der Waals surface area (Å²) in [5, 5.41) is 2.60. The van der Waals surface area contributed by atoms with E-state index in [4.69, 9.17) is 10.5 Å². The van der Waals surface area contributed by atoms with Gasteiger partial charge in [0.25, 0.3) is 5.91 Å². The number of nitrogens with one attached hydrogen (secondary N) is 1. The van der Waals surface area contributed by atoms with Gasteiger partial charge in [-0.05, 0) is 25.0 Å². The lowest BCUT2D eigenvalue weighted by Crippen LogP contribution is -2.29. The average Bonchev–Trinajstić information content (AvgIpc) is 2.94. The van der Waals surface area contributed by atoms with Gasteiger partial charge in [0.2, 0.25) is 0 Å². The molecule has 0 radical (unpaired) electrons. The van der Waals surface area contributed by atoms with Crippen LogP contribution in [0.1, 0.15) is 12.8 Å². The summed E-state index contributed by atoms with van der Waals surface area (Å²) in [7, 11) is 0. The molecule has 0 spiro atoms. The van der Waals surface area contributed by atoms with Gasteiger partial charge in [-0.25, -0.2) is 0 Å². The van der Waals surface area contributed by atoms with Gasteiger partial charge in [0.15, 0.2) is 6.61 Å². The maximum Gasteiger partial charge on any atom is 0.422 e. The number of halogens is 3. The number of alkyl halides is 3. The number of benzene rings is 1. The maximum atomic E-state index is 12.1. The van der Waals surface area contributed by atoms with Crippen LogP contribution in [0.5, 0.6) is 5.75 Å². The minimum Gasteiger partial charge on any atom is -0.484 e. The quantitative estimate of drug-likeness (QED) is 0.872. The average molecular weight is 318 g/mol. The Morgan fingerprint density at radius 2 is 2.18 bits per heavy atom. The topological polar surface area (TPSA) is 73.6 Å². The van der Waals surface area contributed by atoms with Crippen molar-refractivity contribution in [3.05, 3.63) is 24.3 Å². The van der Waals surface area contributed by atoms with Crippen LogP contribution in [0.15, 0.2) is 24.3 Å². The van der Waals surface area contributed by atoms with Crippen LogP contribution in [0.25, 0.3) is 0 Å². The second kappa shape index (κ2) is 6.97. The van der Waals surface area contributed by atoms with E-state index in [0.717, 1.165) is 0 Å². The van der Waals surface area contributed by atoms with Crippen LogP contribution in [-0.4, -0.2) is 37.4 Å². The van der Waals surface area contributed by atoms with Crippen LogP contribution in [0.4, 0.5) is 18.9 Å². The number of hydrogen-bond acceptors (Lipinski definition) is 4. The van der Waals surface area contributed by atoms with Crippen LogP contribution in [0.2, 0.25) is 0 Å². The lowest BCUT2D eigenvalue weighted by atomic mass is 10.2. The predicted molar refractivity (Wildman–Crippen MR) is 73.6 cm³/mol. The molecule has 0 aliphatic carbocycles. The van der Waals surface area contributed by atoms with Crippen molar-refractivity contribution in [2.75, 3.05) is 18.5 Å². The van der Waals surface area contributed by atoms with Crippen molar-refractivity contribution >= 4 is 11.6 Å². The molecule has 0 aromatic heterocycles. The van der Waals surface area contributed by atoms with Gasteiger partial charge < -0.3 is 20.5 Å². The molecule has 1 fully saturated rings. The summed E-state index contributed by atoms with van der Waals surface area (Å²) >= 11 is 0. The molecule has 3 N–H and O–H groups in total. The standard InChI is InChI=1S/C14H17F3N2O3/c15-14(16,17)8-21-10-3-1-2-9(6-10)19-13(20)12-5-4-11(7-18)22-12/h1-3,6,11-12H,4-5,7-8,18H2,(H,19,20)/t11-,12+/m1/s1. The molecule has 8 heteroatoms. The summed E-state index contributed by atoms with van der Waals surface area (Å²) in [6.45, 7) is -1.03. The summed E-state index contributed by atoms with van der Waals surface area (Å²) in [5.74, 6) is -0.314. The van der Waals surface area contributed by atoms with E-state index < -0.39 is 18.9 Å². The first-order valence-corrected chi connectivity index (χ1v) is 6.83. The van der Waals surface area contributed by atoms with Crippen LogP contribution < -0.4 is 15.8 Å². The molecule has 0 bridgehead atoms. The Bertz CT molecular complexity index is 522. The second-order valence-corrected chi connectivity index (χ2v) is 4.98. The molecule has 1 amide bonds. The molecule has 0 unspecified atom stereocenters. The Kier molecular flexibility index (Phi) is 5.25. The molecule has 22 heavy (non-hydrogen) atoms. The fraction of sp³-hybridized carbons (Fsp3) is 0.500. The van der Waals surface area contributed by atoms with E-state index in [9.17, 15) is 18.0 Å². The molecule has 122 valence electrons. The largest absolute Gasteiger partial charge is 0.484 e. The van der Waals surface area contributed by atoms with E-state index in [1.165, 1.54) is 18.2 Å². The van der Waals surface area contributed by atoms with Crippen molar-refractivity contribution in [1.29, 1.82) is 0 Å². The van der Waals surface area contributed by atoms with Crippen LogP contribution in [-0.2, 0) is 9.53 Å². The number of anilines is 1. The zero-order chi connectivity index (χ0) is 16.2. The Hall–Kier alpha value is -1.80. The molecule has 2 rings (SSSR count). The molecule has 2 atom stereocenters. The third-order valence-electron chi connectivity index (χ3n) is 3.17. The first-order valence-electron chi connectivity index (χ1n) is 6.83. The normalized spacial score (nSPS) is 21.6. The summed E-state index contributed by atoms with van der Waals surface area (Å²) in [4.78, 5) is 12.0. The molecule has 1 aromatic rings. The van der Waals surface area contributed by atoms with Gasteiger partial charge >= 0.3 is 6.18 Å². The highest BCUT2D eigenvalue weighted by Gasteiger charge is 2.30. The zero-order valence-electron chi connectivity index (χ0n) is 11.7. The number of amides is 1. The van der Waals surface area contributed by atoms with E-state index >= 15 is 0 Å². The minimum atomic E-state index is -4.41. The van der Waals surface area contributed by atoms with E-state index in [2.05, 4.69) is 10.1 Å². The molecule has 1 aromatic carbocycles. The van der Waals surface area contributed by atoms with Crippen LogP contribution in [0.3, 0.4) is 0 Å². The summed E-state index contributed by atoms with van der Waals surface area (Å²) in [6, 6.07) is 5.78. The SMILES string of the molecule is NC[C@H]1CC[C@@H](C(=O)Nc2cccc(OCC(F)(F)F)c2)O1. The number of hydrogen-bond donors (Lipinski definition) is 2. The monoisotopic (exact) mass is 318 g/mol. The number of ether oxygens (including phenoxy) is 2. The third kappa shape index (κ3) is 4.88. The van der Waals surface area contributed by atoms with Gasteiger partial charge in [-0.15, -0.1) is 0 Å². The highest BCUT2D eigenvalue weighted by atomic mass is 19.4. The minimum absolute atomic E-state index is 0.0299. The second-order valence-electron chi connectivity index (χ2n) is 4.98. The van der Waals surface area contributed by atoms with Crippen molar-refractivity contribution in [2.24, 2.45) is 5.73 Å². The fourth-order valence-corrected chi connectivity index (χ4v) is 2.12. The van der Waals surface area contributed by atoms with Crippen molar-refractivity contribution in [2.45, 2.75) is 31.2 Å². The van der Waals surface area contributed by atoms with Gasteiger partial charge in [0, 0.05) is 18.3 Å². The number of carbonyl (C=O) groups excluding carboxylic acids is 1. The Balaban J connectivity index is 1.91. The fourth-order valence-electron chi connectivity index (χ4n) is 2.12. The molecule has 1 saturated heterocycles. The molecular weight excluding hydrogens is 301 g/mol. The van der Waals surface area contributed by atoms with Crippen molar-refractivity contribution in [1.82, 2.24) is 0 Å². The van der Waals surface area contributed by atoms with Gasteiger partial charge in [-0.2, -0.15) is 13.2 Å². The van der Waals surface area contributed by atoms with Gasteiger partial charge in [-0.3, -0.25) is 4.79 Å². The van der Waals surface area contributed by atoms with Crippen molar-refractivity contribution in [3.63, 3.8) is 0 Å². The van der Waals surface area contributed by atoms with Crippen molar-refractivity contribution in [3.8, 4) is 5.75 Å². The van der Waals surface area contributed by atoms with Gasteiger partial charge in [-0.1, -0.05) is 6.07 Å². The Morgan fingerprint density at radius 3 is 2.82 bits per heavy atom. The van der Waals surface area contributed by atoms with Crippen molar-refractivity contribution < 1.29 is 27.4 Å². The summed E-state index contributed by atoms with van der Waals surface area (Å²) in [6.07, 6.45) is -3.85. The molecule has 1 aliphatic heterocycles. The molecule has 0 saturated carbocycles. The summed E-state index contributed by atoms with van der Waals surface area (Å²) < 4.78 is 46.4. The highest BCUT2D eigenvalue weighted by molar-refractivity contribution is 5.94. The smallest absolute Gasteiger partial charge is 0.422 e. The molecule has 5 nitrogen and oxygen atoms in total. The maximum absolute atomic E-state index is 12.1. The van der Waals surface area contributed by atoms with Gasteiger partial charge in [0.1, 0.15) is 11.9 Å². The molecular formula is C14H17F3N2O3. The van der Waals surface area contributed by atoms with E-state index in [0.29, 0.717) is 25.1 Å². The highest BCUT2D eigenvalue weighted by Crippen LogP contribution is 2.23.